The summed E-state index contributed by atoms with van der Waals surface area (Å²) in [6.45, 7) is 0. The van der Waals surface area contributed by atoms with Gasteiger partial charge in [-0.15, -0.1) is 0 Å². The number of amides is 1. The van der Waals surface area contributed by atoms with E-state index in [1.165, 1.54) is 12.3 Å². The highest BCUT2D eigenvalue weighted by Crippen LogP contribution is 2.27. The number of methoxy groups -OCH3 is 1. The second kappa shape index (κ2) is 10.6. The fraction of sp³-hybridized carbons (Fsp3) is 0.0333. The summed E-state index contributed by atoms with van der Waals surface area (Å²) in [5.74, 6) is 0.348. The fourth-order valence-electron chi connectivity index (χ4n) is 3.81. The Labute approximate surface area is 213 Å². The first-order valence-electron chi connectivity index (χ1n) is 11.6. The molecule has 0 unspecified atom stereocenters. The number of ketones is 1. The number of aromatic nitrogens is 2. The van der Waals surface area contributed by atoms with Gasteiger partial charge in [0.2, 0.25) is 0 Å². The Bertz CT molecular complexity index is 1550. The molecule has 5 rings (SSSR count). The van der Waals surface area contributed by atoms with Crippen LogP contribution in [-0.4, -0.2) is 28.6 Å². The first-order chi connectivity index (χ1) is 18.1. The molecule has 2 heterocycles. The van der Waals surface area contributed by atoms with E-state index in [0.717, 1.165) is 28.3 Å². The van der Waals surface area contributed by atoms with Gasteiger partial charge in [0.1, 0.15) is 5.75 Å². The van der Waals surface area contributed by atoms with Crippen molar-refractivity contribution < 1.29 is 18.7 Å². The number of hydrogen-bond donors (Lipinski definition) is 1. The largest absolute Gasteiger partial charge is 0.497 e. The minimum atomic E-state index is -0.386. The van der Waals surface area contributed by atoms with E-state index in [1.807, 2.05) is 60.8 Å². The molecule has 0 saturated heterocycles. The highest BCUT2D eigenvalue weighted by Gasteiger charge is 2.13. The molecule has 7 heteroatoms. The molecule has 0 fully saturated rings. The number of allylic oxidation sites excluding steroid dienone is 1. The SMILES string of the molecule is COc1ccc(-c2nn(-c3ccccc3)cc2/C=C/C(=O)c2cccc(NC(=O)c3ccco3)c2)cc1. The summed E-state index contributed by atoms with van der Waals surface area (Å²) >= 11 is 0. The average Bonchev–Trinajstić information content (AvgIpc) is 3.63. The molecule has 0 aliphatic carbocycles. The lowest BCUT2D eigenvalue weighted by atomic mass is 10.1. The molecule has 37 heavy (non-hydrogen) atoms. The summed E-state index contributed by atoms with van der Waals surface area (Å²) < 4.78 is 12.2. The third kappa shape index (κ3) is 5.41. The van der Waals surface area contributed by atoms with Crippen LogP contribution in [-0.2, 0) is 0 Å². The molecule has 1 amide bonds. The summed E-state index contributed by atoms with van der Waals surface area (Å²) in [7, 11) is 1.62. The van der Waals surface area contributed by atoms with E-state index < -0.39 is 0 Å². The van der Waals surface area contributed by atoms with Crippen molar-refractivity contribution in [3.05, 3.63) is 126 Å². The molecule has 7 nitrogen and oxygen atoms in total. The molecule has 3 aromatic carbocycles. The van der Waals surface area contributed by atoms with Gasteiger partial charge in [-0.05, 0) is 72.8 Å². The van der Waals surface area contributed by atoms with Crippen molar-refractivity contribution in [3.63, 3.8) is 0 Å². The van der Waals surface area contributed by atoms with E-state index in [1.54, 1.807) is 54.3 Å². The van der Waals surface area contributed by atoms with Gasteiger partial charge in [0.25, 0.3) is 5.91 Å². The fourth-order valence-corrected chi connectivity index (χ4v) is 3.81. The van der Waals surface area contributed by atoms with E-state index in [4.69, 9.17) is 14.3 Å². The van der Waals surface area contributed by atoms with Crippen LogP contribution in [0.3, 0.4) is 0 Å². The zero-order valence-corrected chi connectivity index (χ0v) is 20.0. The van der Waals surface area contributed by atoms with Crippen molar-refractivity contribution in [1.29, 1.82) is 0 Å². The summed E-state index contributed by atoms with van der Waals surface area (Å²) in [5, 5.41) is 7.53. The summed E-state index contributed by atoms with van der Waals surface area (Å²) in [5.41, 5.74) is 4.25. The zero-order valence-electron chi connectivity index (χ0n) is 20.0. The first-order valence-corrected chi connectivity index (χ1v) is 11.6. The minimum absolute atomic E-state index is 0.193. The van der Waals surface area contributed by atoms with Crippen LogP contribution in [0.2, 0.25) is 0 Å². The standard InChI is InChI=1S/C30H23N3O4/c1-36-26-15-12-21(13-16-26)29-23(20-33(32-29)25-9-3-2-4-10-25)14-17-27(34)22-7-5-8-24(19-22)31-30(35)28-11-6-18-37-28/h2-20H,1H3,(H,31,35)/b17-14+. The highest BCUT2D eigenvalue weighted by molar-refractivity contribution is 6.08. The average molecular weight is 490 g/mol. The molecule has 1 N–H and O–H groups in total. The summed E-state index contributed by atoms with van der Waals surface area (Å²) in [6, 6.07) is 27.3. The van der Waals surface area contributed by atoms with Crippen molar-refractivity contribution in [3.8, 4) is 22.7 Å². The number of hydrogen-bond acceptors (Lipinski definition) is 5. The van der Waals surface area contributed by atoms with Crippen LogP contribution in [0.4, 0.5) is 5.69 Å². The molecule has 0 bridgehead atoms. The number of carbonyl (C=O) groups is 2. The Morgan fingerprint density at radius 1 is 0.946 bits per heavy atom. The predicted octanol–water partition coefficient (Wildman–Crippen LogP) is 6.29. The molecule has 0 atom stereocenters. The third-order valence-electron chi connectivity index (χ3n) is 5.69. The van der Waals surface area contributed by atoms with Gasteiger partial charge in [-0.1, -0.05) is 30.3 Å². The number of ether oxygens (including phenoxy) is 1. The maximum Gasteiger partial charge on any atom is 0.291 e. The number of benzene rings is 3. The van der Waals surface area contributed by atoms with Gasteiger partial charge in [0.05, 0.1) is 24.8 Å². The Balaban J connectivity index is 1.42. The second-order valence-electron chi connectivity index (χ2n) is 8.15. The number of anilines is 1. The van der Waals surface area contributed by atoms with Crippen molar-refractivity contribution in [2.24, 2.45) is 0 Å². The van der Waals surface area contributed by atoms with Gasteiger partial charge in [-0.25, -0.2) is 4.68 Å². The van der Waals surface area contributed by atoms with Crippen molar-refractivity contribution in [2.45, 2.75) is 0 Å². The Kier molecular flexibility index (Phi) is 6.76. The van der Waals surface area contributed by atoms with Crippen LogP contribution in [0.25, 0.3) is 23.0 Å². The van der Waals surface area contributed by atoms with Crippen LogP contribution in [0, 0.1) is 0 Å². The minimum Gasteiger partial charge on any atom is -0.497 e. The number of rotatable bonds is 8. The molecule has 0 aliphatic rings. The van der Waals surface area contributed by atoms with Gasteiger partial charge >= 0.3 is 0 Å². The molecule has 0 radical (unpaired) electrons. The van der Waals surface area contributed by atoms with Gasteiger partial charge in [0.15, 0.2) is 11.5 Å². The molecular formula is C30H23N3O4. The van der Waals surface area contributed by atoms with Gasteiger partial charge in [-0.2, -0.15) is 5.10 Å². The van der Waals surface area contributed by atoms with Crippen LogP contribution >= 0.6 is 0 Å². The molecule has 2 aromatic heterocycles. The van der Waals surface area contributed by atoms with Crippen LogP contribution < -0.4 is 10.1 Å². The Hall–Kier alpha value is -5.17. The Morgan fingerprint density at radius 2 is 1.76 bits per heavy atom. The maximum absolute atomic E-state index is 13.0. The normalized spacial score (nSPS) is 10.9. The number of nitrogens with one attached hydrogen (secondary N) is 1. The zero-order chi connectivity index (χ0) is 25.6. The maximum atomic E-state index is 13.0. The monoisotopic (exact) mass is 489 g/mol. The Morgan fingerprint density at radius 3 is 2.49 bits per heavy atom. The predicted molar refractivity (Wildman–Crippen MR) is 142 cm³/mol. The van der Waals surface area contributed by atoms with Crippen molar-refractivity contribution in [1.82, 2.24) is 9.78 Å². The molecule has 0 saturated carbocycles. The van der Waals surface area contributed by atoms with E-state index in [0.29, 0.717) is 11.3 Å². The summed E-state index contributed by atoms with van der Waals surface area (Å²) in [6.07, 6.45) is 6.58. The number of para-hydroxylation sites is 1. The van der Waals surface area contributed by atoms with Crippen LogP contribution in [0.5, 0.6) is 5.75 Å². The lowest BCUT2D eigenvalue weighted by molar-refractivity contribution is 0.0994. The quantitative estimate of drug-likeness (QED) is 0.204. The first kappa shape index (κ1) is 23.6. The molecule has 0 spiro atoms. The molecule has 182 valence electrons. The highest BCUT2D eigenvalue weighted by atomic mass is 16.5. The van der Waals surface area contributed by atoms with Gasteiger partial charge in [0, 0.05) is 28.6 Å². The van der Waals surface area contributed by atoms with Crippen molar-refractivity contribution in [2.75, 3.05) is 12.4 Å². The van der Waals surface area contributed by atoms with E-state index in [2.05, 4.69) is 5.32 Å². The topological polar surface area (TPSA) is 86.4 Å². The van der Waals surface area contributed by atoms with Crippen LogP contribution in [0.1, 0.15) is 26.5 Å². The molecular weight excluding hydrogens is 466 g/mol. The van der Waals surface area contributed by atoms with E-state index in [9.17, 15) is 9.59 Å². The van der Waals surface area contributed by atoms with Crippen LogP contribution in [0.15, 0.2) is 114 Å². The lowest BCUT2D eigenvalue weighted by Gasteiger charge is -2.05. The van der Waals surface area contributed by atoms with Gasteiger partial charge in [-0.3, -0.25) is 9.59 Å². The van der Waals surface area contributed by atoms with E-state index >= 15 is 0 Å². The summed E-state index contributed by atoms with van der Waals surface area (Å²) in [4.78, 5) is 25.3. The smallest absolute Gasteiger partial charge is 0.291 e. The van der Waals surface area contributed by atoms with Crippen molar-refractivity contribution >= 4 is 23.5 Å². The number of nitrogens with zero attached hydrogens (tertiary/aromatic N) is 2. The number of furan rings is 1. The van der Waals surface area contributed by atoms with E-state index in [-0.39, 0.29) is 17.5 Å². The molecule has 5 aromatic rings. The lowest BCUT2D eigenvalue weighted by Crippen LogP contribution is -2.11. The third-order valence-corrected chi connectivity index (χ3v) is 5.69. The van der Waals surface area contributed by atoms with Gasteiger partial charge < -0.3 is 14.5 Å². The second-order valence-corrected chi connectivity index (χ2v) is 8.15. The number of carbonyl (C=O) groups excluding carboxylic acids is 2. The molecule has 0 aliphatic heterocycles.